The van der Waals surface area contributed by atoms with Crippen LogP contribution in [0.4, 0.5) is 8.78 Å². The highest BCUT2D eigenvalue weighted by Crippen LogP contribution is 2.29. The summed E-state index contributed by atoms with van der Waals surface area (Å²) in [6.45, 7) is 2.55. The van der Waals surface area contributed by atoms with E-state index in [-0.39, 0.29) is 16.8 Å². The summed E-state index contributed by atoms with van der Waals surface area (Å²) in [4.78, 5) is 10.5. The normalized spacial score (nSPS) is 16.2. The van der Waals surface area contributed by atoms with E-state index >= 15 is 0 Å². The van der Waals surface area contributed by atoms with Crippen molar-refractivity contribution >= 4 is 19.7 Å². The first kappa shape index (κ1) is 19.9. The first-order valence-electron chi connectivity index (χ1n) is 8.27. The molecule has 0 aliphatic carbocycles. The van der Waals surface area contributed by atoms with Gasteiger partial charge in [0.2, 0.25) is 5.88 Å². The lowest BCUT2D eigenvalue weighted by atomic mass is 9.98. The molecule has 3 rings (SSSR count). The average Bonchev–Trinajstić information content (AvgIpc) is 2.64. The van der Waals surface area contributed by atoms with Crippen LogP contribution >= 0.6 is 10.7 Å². The second kappa shape index (κ2) is 8.04. The van der Waals surface area contributed by atoms with Gasteiger partial charge in [0.05, 0.1) is 29.0 Å². The Morgan fingerprint density at radius 3 is 2.67 bits per heavy atom. The highest BCUT2D eigenvalue weighted by molar-refractivity contribution is 8.13. The maximum Gasteiger partial charge on any atom is 0.272 e. The minimum atomic E-state index is -3.78. The van der Waals surface area contributed by atoms with Crippen LogP contribution in [0, 0.1) is 0 Å². The summed E-state index contributed by atoms with van der Waals surface area (Å²) in [7, 11) is 1.66. The molecule has 1 unspecified atom stereocenters. The number of ether oxygens (including phenoxy) is 1. The molecule has 0 saturated heterocycles. The zero-order valence-corrected chi connectivity index (χ0v) is 16.1. The molecule has 0 bridgehead atoms. The van der Waals surface area contributed by atoms with Gasteiger partial charge in [0.25, 0.3) is 15.5 Å². The quantitative estimate of drug-likeness (QED) is 0.672. The van der Waals surface area contributed by atoms with Crippen molar-refractivity contribution in [2.45, 2.75) is 37.3 Å². The van der Waals surface area contributed by atoms with E-state index in [4.69, 9.17) is 15.4 Å². The van der Waals surface area contributed by atoms with Crippen molar-refractivity contribution in [2.75, 3.05) is 13.2 Å². The number of hydrogen-bond acceptors (Lipinski definition) is 6. The minimum absolute atomic E-state index is 0.0483. The van der Waals surface area contributed by atoms with Gasteiger partial charge in [-0.15, -0.1) is 0 Å². The zero-order valence-electron chi connectivity index (χ0n) is 14.5. The van der Waals surface area contributed by atoms with Crippen molar-refractivity contribution in [1.82, 2.24) is 14.9 Å². The second-order valence-electron chi connectivity index (χ2n) is 6.25. The molecule has 10 heteroatoms. The van der Waals surface area contributed by atoms with E-state index in [9.17, 15) is 17.2 Å². The highest BCUT2D eigenvalue weighted by atomic mass is 35.7. The number of hydrogen-bond donors (Lipinski definition) is 0. The van der Waals surface area contributed by atoms with Gasteiger partial charge in [0.1, 0.15) is 0 Å². The van der Waals surface area contributed by atoms with Gasteiger partial charge in [-0.05, 0) is 36.6 Å². The van der Waals surface area contributed by atoms with Crippen molar-refractivity contribution in [3.8, 4) is 5.88 Å². The van der Waals surface area contributed by atoms with Crippen LogP contribution < -0.4 is 4.74 Å². The molecule has 2 heterocycles. The van der Waals surface area contributed by atoms with Crippen molar-refractivity contribution in [3.63, 3.8) is 0 Å². The summed E-state index contributed by atoms with van der Waals surface area (Å²) in [6.07, 6.45) is 1.02. The van der Waals surface area contributed by atoms with E-state index in [0.29, 0.717) is 12.2 Å². The predicted octanol–water partition coefficient (Wildman–Crippen LogP) is 3.17. The average molecular weight is 418 g/mol. The van der Waals surface area contributed by atoms with E-state index in [1.165, 1.54) is 18.5 Å². The monoisotopic (exact) mass is 417 g/mol. The van der Waals surface area contributed by atoms with Crippen LogP contribution in [0.3, 0.4) is 0 Å². The number of fused-ring (bicyclic) bond motifs is 1. The summed E-state index contributed by atoms with van der Waals surface area (Å²) >= 11 is 0. The van der Waals surface area contributed by atoms with E-state index in [1.807, 2.05) is 6.92 Å². The molecule has 1 atom stereocenters. The van der Waals surface area contributed by atoms with Crippen LogP contribution in [0.2, 0.25) is 0 Å². The van der Waals surface area contributed by atoms with Gasteiger partial charge in [0.15, 0.2) is 6.61 Å². The Kier molecular flexibility index (Phi) is 5.92. The van der Waals surface area contributed by atoms with Crippen LogP contribution in [0.15, 0.2) is 35.5 Å². The van der Waals surface area contributed by atoms with Crippen molar-refractivity contribution in [1.29, 1.82) is 0 Å². The second-order valence-corrected chi connectivity index (χ2v) is 8.81. The molecule has 6 nitrogen and oxygen atoms in total. The Bertz CT molecular complexity index is 910. The highest BCUT2D eigenvalue weighted by Gasteiger charge is 2.24. The van der Waals surface area contributed by atoms with Gasteiger partial charge in [0, 0.05) is 23.8 Å². The van der Waals surface area contributed by atoms with Crippen molar-refractivity contribution in [3.05, 3.63) is 47.4 Å². The number of benzene rings is 1. The molecule has 27 heavy (non-hydrogen) atoms. The minimum Gasteiger partial charge on any atom is -0.470 e. The van der Waals surface area contributed by atoms with E-state index in [2.05, 4.69) is 14.9 Å². The molecule has 0 spiro atoms. The molecule has 146 valence electrons. The maximum atomic E-state index is 12.2. The third-order valence-corrected chi connectivity index (χ3v) is 5.83. The van der Waals surface area contributed by atoms with E-state index in [0.717, 1.165) is 24.1 Å². The van der Waals surface area contributed by atoms with Crippen LogP contribution in [0.25, 0.3) is 0 Å². The van der Waals surface area contributed by atoms with Gasteiger partial charge in [-0.1, -0.05) is 6.07 Å². The SMILES string of the molecule is CC(c1cnc(OCC(F)F)cn1)N1CCc2ccc(S(=O)(=O)Cl)cc2C1. The van der Waals surface area contributed by atoms with Crippen LogP contribution in [0.5, 0.6) is 5.88 Å². The lowest BCUT2D eigenvalue weighted by Gasteiger charge is -2.33. The molecule has 1 aliphatic rings. The third-order valence-electron chi connectivity index (χ3n) is 4.48. The lowest BCUT2D eigenvalue weighted by Crippen LogP contribution is -2.33. The fraction of sp³-hybridized carbons (Fsp3) is 0.412. The first-order chi connectivity index (χ1) is 12.7. The smallest absolute Gasteiger partial charge is 0.272 e. The lowest BCUT2D eigenvalue weighted by molar-refractivity contribution is 0.0792. The van der Waals surface area contributed by atoms with Gasteiger partial charge < -0.3 is 4.74 Å². The number of halogens is 3. The Hall–Kier alpha value is -1.84. The number of rotatable bonds is 6. The van der Waals surface area contributed by atoms with Crippen molar-refractivity contribution in [2.24, 2.45) is 0 Å². The molecule has 1 aromatic carbocycles. The Morgan fingerprint density at radius 2 is 2.04 bits per heavy atom. The number of nitrogens with zero attached hydrogens (tertiary/aromatic N) is 3. The van der Waals surface area contributed by atoms with E-state index in [1.54, 1.807) is 12.1 Å². The molecule has 2 aromatic rings. The summed E-state index contributed by atoms with van der Waals surface area (Å²) in [5, 5.41) is 0. The molecular formula is C17H18ClF2N3O3S. The van der Waals surface area contributed by atoms with Crippen LogP contribution in [0.1, 0.15) is 29.8 Å². The van der Waals surface area contributed by atoms with Gasteiger partial charge >= 0.3 is 0 Å². The molecular weight excluding hydrogens is 400 g/mol. The zero-order chi connectivity index (χ0) is 19.6. The van der Waals surface area contributed by atoms with Crippen LogP contribution in [-0.2, 0) is 22.0 Å². The molecule has 0 fully saturated rings. The summed E-state index contributed by atoms with van der Waals surface area (Å²) in [5.74, 6) is 0.0483. The van der Waals surface area contributed by atoms with Gasteiger partial charge in [-0.3, -0.25) is 9.88 Å². The molecule has 0 saturated carbocycles. The third kappa shape index (κ3) is 4.91. The Balaban J connectivity index is 1.72. The maximum absolute atomic E-state index is 12.2. The Labute approximate surface area is 160 Å². The fourth-order valence-electron chi connectivity index (χ4n) is 2.99. The fourth-order valence-corrected chi connectivity index (χ4v) is 3.79. The molecule has 1 aliphatic heterocycles. The molecule has 1 aromatic heterocycles. The predicted molar refractivity (Wildman–Crippen MR) is 95.5 cm³/mol. The van der Waals surface area contributed by atoms with E-state index < -0.39 is 22.1 Å². The number of alkyl halides is 2. The topological polar surface area (TPSA) is 72.4 Å². The van der Waals surface area contributed by atoms with Gasteiger partial charge in [-0.2, -0.15) is 0 Å². The summed E-state index contributed by atoms with van der Waals surface area (Å²) in [5.41, 5.74) is 2.66. The largest absolute Gasteiger partial charge is 0.470 e. The molecule has 0 radical (unpaired) electrons. The van der Waals surface area contributed by atoms with Crippen LogP contribution in [-0.4, -0.2) is 42.9 Å². The van der Waals surface area contributed by atoms with Crippen molar-refractivity contribution < 1.29 is 21.9 Å². The van der Waals surface area contributed by atoms with Gasteiger partial charge in [-0.25, -0.2) is 22.2 Å². The summed E-state index contributed by atoms with van der Waals surface area (Å²) < 4.78 is 52.3. The first-order valence-corrected chi connectivity index (χ1v) is 10.6. The molecule has 0 amide bonds. The Morgan fingerprint density at radius 1 is 1.26 bits per heavy atom. The standard InChI is InChI=1S/C17H18ClF2N3O3S/c1-11(15-7-22-17(8-21-15)26-10-16(19)20)23-5-4-12-2-3-14(27(18,24)25)6-13(12)9-23/h2-3,6-8,11,16H,4-5,9-10H2,1H3. The summed E-state index contributed by atoms with van der Waals surface area (Å²) in [6, 6.07) is 4.82. The number of aromatic nitrogens is 2. The molecule has 0 N–H and O–H groups in total.